The summed E-state index contributed by atoms with van der Waals surface area (Å²) in [6.45, 7) is 2.74. The smallest absolute Gasteiger partial charge is 0.234 e. The number of carbonyl (C=O) groups excluding carboxylic acids is 1. The van der Waals surface area contributed by atoms with Crippen molar-refractivity contribution in [3.05, 3.63) is 102 Å². The van der Waals surface area contributed by atoms with Gasteiger partial charge in [0.1, 0.15) is 23.6 Å². The van der Waals surface area contributed by atoms with E-state index in [2.05, 4.69) is 14.9 Å². The van der Waals surface area contributed by atoms with Crippen molar-refractivity contribution in [3.63, 3.8) is 0 Å². The number of hydrogen-bond donors (Lipinski definition) is 0. The van der Waals surface area contributed by atoms with Gasteiger partial charge in [-0.25, -0.2) is 9.97 Å². The van der Waals surface area contributed by atoms with E-state index < -0.39 is 0 Å². The van der Waals surface area contributed by atoms with E-state index in [9.17, 15) is 4.79 Å². The highest BCUT2D eigenvalue weighted by atomic mass is 16.5. The molecule has 1 saturated heterocycles. The number of anilines is 1. The van der Waals surface area contributed by atoms with Gasteiger partial charge in [-0.2, -0.15) is 0 Å². The maximum atomic E-state index is 13.8. The molecule has 1 amide bonds. The van der Waals surface area contributed by atoms with E-state index in [0.717, 1.165) is 52.8 Å². The molecule has 0 unspecified atom stereocenters. The van der Waals surface area contributed by atoms with Crippen molar-refractivity contribution >= 4 is 11.7 Å². The van der Waals surface area contributed by atoms with Gasteiger partial charge in [-0.3, -0.25) is 4.79 Å². The second-order valence-corrected chi connectivity index (χ2v) is 8.55. The molecule has 0 N–H and O–H groups in total. The topological polar surface area (TPSA) is 58.6 Å². The number of benzene rings is 3. The Morgan fingerprint density at radius 2 is 1.38 bits per heavy atom. The number of hydrogen-bond acceptors (Lipinski definition) is 5. The van der Waals surface area contributed by atoms with Gasteiger partial charge in [0.05, 0.1) is 11.6 Å². The van der Waals surface area contributed by atoms with E-state index in [-0.39, 0.29) is 11.8 Å². The molecule has 0 atom stereocenters. The molecular weight excluding hydrogens is 424 g/mol. The van der Waals surface area contributed by atoms with Crippen molar-refractivity contribution in [1.82, 2.24) is 14.9 Å². The largest absolute Gasteiger partial charge is 0.457 e. The fourth-order valence-electron chi connectivity index (χ4n) is 4.80. The molecule has 1 aromatic heterocycles. The van der Waals surface area contributed by atoms with Crippen molar-refractivity contribution in [3.8, 4) is 22.8 Å². The normalized spacial score (nSPS) is 15.3. The highest BCUT2D eigenvalue weighted by Gasteiger charge is 2.36. The number of piperazine rings is 1. The Kier molecular flexibility index (Phi) is 5.18. The van der Waals surface area contributed by atoms with Crippen LogP contribution in [-0.4, -0.2) is 47.0 Å². The third kappa shape index (κ3) is 3.67. The lowest BCUT2D eigenvalue weighted by Gasteiger charge is -2.38. The zero-order chi connectivity index (χ0) is 22.9. The second-order valence-electron chi connectivity index (χ2n) is 8.55. The molecule has 34 heavy (non-hydrogen) atoms. The summed E-state index contributed by atoms with van der Waals surface area (Å²) in [7, 11) is 0. The van der Waals surface area contributed by atoms with E-state index in [1.54, 1.807) is 6.33 Å². The molecule has 2 aliphatic rings. The lowest BCUT2D eigenvalue weighted by molar-refractivity contribution is -0.132. The maximum absolute atomic E-state index is 13.8. The van der Waals surface area contributed by atoms with Crippen LogP contribution in [-0.2, 0) is 4.79 Å². The third-order valence-corrected chi connectivity index (χ3v) is 6.56. The molecule has 1 fully saturated rings. The first-order valence-electron chi connectivity index (χ1n) is 11.5. The van der Waals surface area contributed by atoms with Crippen LogP contribution in [0.3, 0.4) is 0 Å². The van der Waals surface area contributed by atoms with Crippen LogP contribution >= 0.6 is 0 Å². The Balaban J connectivity index is 1.21. The summed E-state index contributed by atoms with van der Waals surface area (Å²) < 4.78 is 6.07. The lowest BCUT2D eigenvalue weighted by Crippen LogP contribution is -2.50. The molecule has 0 radical (unpaired) electrons. The number of rotatable bonds is 3. The fraction of sp³-hybridized carbons (Fsp3) is 0.179. The van der Waals surface area contributed by atoms with Gasteiger partial charge < -0.3 is 14.5 Å². The van der Waals surface area contributed by atoms with E-state index in [4.69, 9.17) is 4.74 Å². The monoisotopic (exact) mass is 448 g/mol. The Morgan fingerprint density at radius 3 is 2.06 bits per heavy atom. The zero-order valence-corrected chi connectivity index (χ0v) is 18.7. The van der Waals surface area contributed by atoms with Crippen LogP contribution in [0.25, 0.3) is 11.3 Å². The van der Waals surface area contributed by atoms with Gasteiger partial charge in [-0.1, -0.05) is 66.7 Å². The molecule has 2 aliphatic heterocycles. The summed E-state index contributed by atoms with van der Waals surface area (Å²) in [5, 5.41) is 0. The van der Waals surface area contributed by atoms with Crippen LogP contribution in [0.1, 0.15) is 17.0 Å². The first-order valence-corrected chi connectivity index (χ1v) is 11.5. The molecule has 4 aromatic rings. The number of ether oxygens (including phenoxy) is 1. The maximum Gasteiger partial charge on any atom is 0.234 e. The van der Waals surface area contributed by atoms with Gasteiger partial charge in [0.25, 0.3) is 0 Å². The molecule has 6 nitrogen and oxygen atoms in total. The van der Waals surface area contributed by atoms with Crippen molar-refractivity contribution in [2.45, 2.75) is 5.92 Å². The number of aromatic nitrogens is 2. The Morgan fingerprint density at radius 1 is 0.765 bits per heavy atom. The van der Waals surface area contributed by atoms with Crippen LogP contribution in [0.15, 0.2) is 91.3 Å². The summed E-state index contributed by atoms with van der Waals surface area (Å²) in [5.74, 6) is 2.18. The van der Waals surface area contributed by atoms with Crippen LogP contribution in [0.4, 0.5) is 5.82 Å². The average Bonchev–Trinajstić information content (AvgIpc) is 2.92. The van der Waals surface area contributed by atoms with Crippen molar-refractivity contribution in [1.29, 1.82) is 0 Å². The van der Waals surface area contributed by atoms with Crippen LogP contribution in [0.5, 0.6) is 11.5 Å². The SMILES string of the molecule is O=C(C1c2ccccc2Oc2ccccc21)N1CCN(c2cc(-c3ccccc3)ncn2)CC1. The van der Waals surface area contributed by atoms with Crippen LogP contribution < -0.4 is 9.64 Å². The first kappa shape index (κ1) is 20.4. The number of carbonyl (C=O) groups is 1. The van der Waals surface area contributed by atoms with Crippen LogP contribution in [0, 0.1) is 0 Å². The van der Waals surface area contributed by atoms with E-state index in [0.29, 0.717) is 13.1 Å². The molecule has 0 bridgehead atoms. The quantitative estimate of drug-likeness (QED) is 0.454. The van der Waals surface area contributed by atoms with Gasteiger partial charge in [0, 0.05) is 48.9 Å². The average molecular weight is 449 g/mol. The number of nitrogens with zero attached hydrogens (tertiary/aromatic N) is 4. The predicted molar refractivity (Wildman–Crippen MR) is 131 cm³/mol. The molecular formula is C28H24N4O2. The summed E-state index contributed by atoms with van der Waals surface area (Å²) in [5.41, 5.74) is 3.82. The molecule has 168 valence electrons. The highest BCUT2D eigenvalue weighted by Crippen LogP contribution is 2.44. The molecule has 6 heteroatoms. The number of amides is 1. The van der Waals surface area contributed by atoms with E-state index in [1.165, 1.54) is 0 Å². The molecule has 6 rings (SSSR count). The fourth-order valence-corrected chi connectivity index (χ4v) is 4.80. The van der Waals surface area contributed by atoms with Gasteiger partial charge >= 0.3 is 0 Å². The molecule has 0 aliphatic carbocycles. The standard InChI is InChI=1S/C28H24N4O2/c33-28(27-21-10-4-6-12-24(21)34-25-13-7-5-11-22(25)27)32-16-14-31(15-17-32)26-18-23(29-19-30-26)20-8-2-1-3-9-20/h1-13,18-19,27H,14-17H2. The van der Waals surface area contributed by atoms with Crippen molar-refractivity contribution in [2.75, 3.05) is 31.1 Å². The Labute approximate surface area is 198 Å². The second kappa shape index (κ2) is 8.63. The van der Waals surface area contributed by atoms with Crippen molar-refractivity contribution in [2.24, 2.45) is 0 Å². The predicted octanol–water partition coefficient (Wildman–Crippen LogP) is 4.73. The van der Waals surface area contributed by atoms with Gasteiger partial charge in [0.2, 0.25) is 5.91 Å². The summed E-state index contributed by atoms with van der Waals surface area (Å²) >= 11 is 0. The summed E-state index contributed by atoms with van der Waals surface area (Å²) in [4.78, 5) is 26.9. The third-order valence-electron chi connectivity index (χ3n) is 6.56. The molecule has 0 spiro atoms. The minimum Gasteiger partial charge on any atom is -0.457 e. The number of fused-ring (bicyclic) bond motifs is 2. The van der Waals surface area contributed by atoms with Gasteiger partial charge in [-0.05, 0) is 12.1 Å². The Hall–Kier alpha value is -4.19. The number of para-hydroxylation sites is 2. The molecule has 3 aromatic carbocycles. The zero-order valence-electron chi connectivity index (χ0n) is 18.7. The van der Waals surface area contributed by atoms with Gasteiger partial charge in [0.15, 0.2) is 0 Å². The lowest BCUT2D eigenvalue weighted by atomic mass is 9.86. The van der Waals surface area contributed by atoms with Crippen molar-refractivity contribution < 1.29 is 9.53 Å². The highest BCUT2D eigenvalue weighted by molar-refractivity contribution is 5.90. The molecule has 3 heterocycles. The minimum atomic E-state index is -0.351. The summed E-state index contributed by atoms with van der Waals surface area (Å²) in [6, 6.07) is 27.8. The van der Waals surface area contributed by atoms with E-state index >= 15 is 0 Å². The van der Waals surface area contributed by atoms with E-state index in [1.807, 2.05) is 89.8 Å². The minimum absolute atomic E-state index is 0.121. The molecule has 0 saturated carbocycles. The summed E-state index contributed by atoms with van der Waals surface area (Å²) in [6.07, 6.45) is 1.62. The van der Waals surface area contributed by atoms with Gasteiger partial charge in [-0.15, -0.1) is 0 Å². The Bertz CT molecular complexity index is 1290. The first-order chi connectivity index (χ1) is 16.8. The van der Waals surface area contributed by atoms with Crippen LogP contribution in [0.2, 0.25) is 0 Å².